The van der Waals surface area contributed by atoms with Gasteiger partial charge < -0.3 is 5.32 Å². The smallest absolute Gasteiger partial charge is 0.316 e. The molecule has 0 saturated carbocycles. The number of rotatable bonds is 2. The SMILES string of the molecule is O=c1[nH]nc(C2CCCNC2)n1-c1ccc(Cl)cc1. The zero-order chi connectivity index (χ0) is 13.2. The Morgan fingerprint density at radius 3 is 2.79 bits per heavy atom. The lowest BCUT2D eigenvalue weighted by atomic mass is 9.99. The molecule has 1 aliphatic heterocycles. The molecule has 1 aromatic heterocycles. The summed E-state index contributed by atoms with van der Waals surface area (Å²) in [7, 11) is 0. The number of benzene rings is 1. The van der Waals surface area contributed by atoms with Gasteiger partial charge in [0, 0.05) is 17.5 Å². The predicted molar refractivity (Wildman–Crippen MR) is 74.0 cm³/mol. The van der Waals surface area contributed by atoms with Crippen molar-refractivity contribution in [1.82, 2.24) is 20.1 Å². The van der Waals surface area contributed by atoms with Crippen molar-refractivity contribution in [2.45, 2.75) is 18.8 Å². The summed E-state index contributed by atoms with van der Waals surface area (Å²) < 4.78 is 1.63. The number of piperidine rings is 1. The van der Waals surface area contributed by atoms with Crippen LogP contribution in [0, 0.1) is 0 Å². The van der Waals surface area contributed by atoms with Crippen LogP contribution in [0.5, 0.6) is 0 Å². The van der Waals surface area contributed by atoms with Crippen molar-refractivity contribution in [2.24, 2.45) is 0 Å². The van der Waals surface area contributed by atoms with Crippen LogP contribution in [0.2, 0.25) is 5.02 Å². The zero-order valence-electron chi connectivity index (χ0n) is 10.4. The summed E-state index contributed by atoms with van der Waals surface area (Å²) in [5, 5.41) is 10.7. The average Bonchev–Trinajstić information content (AvgIpc) is 2.83. The van der Waals surface area contributed by atoms with E-state index in [1.54, 1.807) is 16.7 Å². The molecule has 0 aliphatic carbocycles. The standard InChI is InChI=1S/C13H15ClN4O/c14-10-3-5-11(6-4-10)18-12(16-17-13(18)19)9-2-1-7-15-8-9/h3-6,9,15H,1-2,7-8H2,(H,17,19). The Bertz CT molecular complexity index is 610. The normalized spacial score (nSPS) is 19.5. The van der Waals surface area contributed by atoms with E-state index in [9.17, 15) is 4.79 Å². The van der Waals surface area contributed by atoms with Crippen molar-refractivity contribution in [2.75, 3.05) is 13.1 Å². The van der Waals surface area contributed by atoms with Crippen LogP contribution in [0.3, 0.4) is 0 Å². The largest absolute Gasteiger partial charge is 0.347 e. The molecule has 1 unspecified atom stereocenters. The fourth-order valence-corrected chi connectivity index (χ4v) is 2.62. The highest BCUT2D eigenvalue weighted by Crippen LogP contribution is 2.22. The van der Waals surface area contributed by atoms with Crippen molar-refractivity contribution in [3.8, 4) is 5.69 Å². The van der Waals surface area contributed by atoms with Gasteiger partial charge in [-0.15, -0.1) is 0 Å². The highest BCUT2D eigenvalue weighted by Gasteiger charge is 2.22. The van der Waals surface area contributed by atoms with E-state index in [1.807, 2.05) is 12.1 Å². The third-order valence-electron chi connectivity index (χ3n) is 3.45. The molecular weight excluding hydrogens is 264 g/mol. The highest BCUT2D eigenvalue weighted by molar-refractivity contribution is 6.30. The van der Waals surface area contributed by atoms with Crippen LogP contribution in [0.25, 0.3) is 5.69 Å². The number of aromatic nitrogens is 3. The Labute approximate surface area is 115 Å². The van der Waals surface area contributed by atoms with E-state index in [4.69, 9.17) is 11.6 Å². The molecule has 1 saturated heterocycles. The van der Waals surface area contributed by atoms with Crippen molar-refractivity contribution in [3.63, 3.8) is 0 Å². The monoisotopic (exact) mass is 278 g/mol. The molecule has 2 N–H and O–H groups in total. The van der Waals surface area contributed by atoms with Gasteiger partial charge in [-0.25, -0.2) is 14.5 Å². The molecule has 2 aromatic rings. The van der Waals surface area contributed by atoms with Crippen LogP contribution in [0.1, 0.15) is 24.6 Å². The molecule has 100 valence electrons. The molecule has 5 nitrogen and oxygen atoms in total. The van der Waals surface area contributed by atoms with Crippen LogP contribution >= 0.6 is 11.6 Å². The van der Waals surface area contributed by atoms with E-state index in [1.165, 1.54) is 0 Å². The quantitative estimate of drug-likeness (QED) is 0.879. The molecule has 0 bridgehead atoms. The summed E-state index contributed by atoms with van der Waals surface area (Å²) in [6.07, 6.45) is 2.15. The van der Waals surface area contributed by atoms with Crippen molar-refractivity contribution < 1.29 is 0 Å². The first-order chi connectivity index (χ1) is 9.25. The number of halogens is 1. The van der Waals surface area contributed by atoms with Gasteiger partial charge in [-0.2, -0.15) is 5.10 Å². The van der Waals surface area contributed by atoms with E-state index in [0.29, 0.717) is 5.02 Å². The van der Waals surface area contributed by atoms with E-state index in [2.05, 4.69) is 15.5 Å². The molecule has 1 atom stereocenters. The molecule has 0 spiro atoms. The minimum Gasteiger partial charge on any atom is -0.316 e. The first-order valence-electron chi connectivity index (χ1n) is 6.39. The summed E-state index contributed by atoms with van der Waals surface area (Å²) in [4.78, 5) is 12.0. The molecule has 0 radical (unpaired) electrons. The number of nitrogens with one attached hydrogen (secondary N) is 2. The van der Waals surface area contributed by atoms with Crippen molar-refractivity contribution in [3.05, 3.63) is 45.6 Å². The minimum absolute atomic E-state index is 0.206. The minimum atomic E-state index is -0.206. The van der Waals surface area contributed by atoms with Gasteiger partial charge in [0.15, 0.2) is 0 Å². The second-order valence-corrected chi connectivity index (χ2v) is 5.18. The molecule has 19 heavy (non-hydrogen) atoms. The summed E-state index contributed by atoms with van der Waals surface area (Å²) in [6.45, 7) is 1.89. The summed E-state index contributed by atoms with van der Waals surface area (Å²) in [6, 6.07) is 7.22. The first-order valence-corrected chi connectivity index (χ1v) is 6.77. The van der Waals surface area contributed by atoms with Gasteiger partial charge in [0.25, 0.3) is 0 Å². The Balaban J connectivity index is 2.02. The Kier molecular flexibility index (Phi) is 3.40. The summed E-state index contributed by atoms with van der Waals surface area (Å²) in [5.74, 6) is 1.06. The van der Waals surface area contributed by atoms with Gasteiger partial charge in [-0.3, -0.25) is 0 Å². The fourth-order valence-electron chi connectivity index (χ4n) is 2.49. The fraction of sp³-hybridized carbons (Fsp3) is 0.385. The molecule has 2 heterocycles. The second kappa shape index (κ2) is 5.19. The zero-order valence-corrected chi connectivity index (χ0v) is 11.2. The lowest BCUT2D eigenvalue weighted by Gasteiger charge is -2.22. The number of H-pyrrole nitrogens is 1. The van der Waals surface area contributed by atoms with Crippen LogP contribution in [0.4, 0.5) is 0 Å². The third kappa shape index (κ3) is 2.43. The average molecular weight is 279 g/mol. The van der Waals surface area contributed by atoms with Gasteiger partial charge in [0.2, 0.25) is 0 Å². The third-order valence-corrected chi connectivity index (χ3v) is 3.70. The Hall–Kier alpha value is -1.59. The van der Waals surface area contributed by atoms with Gasteiger partial charge in [-0.05, 0) is 43.7 Å². The van der Waals surface area contributed by atoms with Crippen molar-refractivity contribution >= 4 is 11.6 Å². The van der Waals surface area contributed by atoms with Gasteiger partial charge >= 0.3 is 5.69 Å². The molecule has 0 amide bonds. The lowest BCUT2D eigenvalue weighted by molar-refractivity contribution is 0.442. The summed E-state index contributed by atoms with van der Waals surface area (Å²) >= 11 is 5.88. The Morgan fingerprint density at radius 2 is 2.11 bits per heavy atom. The van der Waals surface area contributed by atoms with E-state index in [-0.39, 0.29) is 11.6 Å². The summed E-state index contributed by atoms with van der Waals surface area (Å²) in [5.41, 5.74) is 0.589. The number of hydrogen-bond acceptors (Lipinski definition) is 3. The van der Waals surface area contributed by atoms with Crippen LogP contribution in [-0.4, -0.2) is 27.9 Å². The van der Waals surface area contributed by atoms with Crippen LogP contribution < -0.4 is 11.0 Å². The molecule has 1 aromatic carbocycles. The van der Waals surface area contributed by atoms with E-state index >= 15 is 0 Å². The predicted octanol–water partition coefficient (Wildman–Crippen LogP) is 1.68. The molecule has 6 heteroatoms. The molecule has 1 aliphatic rings. The maximum Gasteiger partial charge on any atom is 0.347 e. The van der Waals surface area contributed by atoms with Crippen LogP contribution in [0.15, 0.2) is 29.1 Å². The van der Waals surface area contributed by atoms with E-state index in [0.717, 1.165) is 37.4 Å². The topological polar surface area (TPSA) is 62.7 Å². The molecule has 1 fully saturated rings. The maximum absolute atomic E-state index is 12.0. The number of aromatic amines is 1. The number of hydrogen-bond donors (Lipinski definition) is 2. The molecule has 3 rings (SSSR count). The molecular formula is C13H15ClN4O. The van der Waals surface area contributed by atoms with Gasteiger partial charge in [-0.1, -0.05) is 11.6 Å². The maximum atomic E-state index is 12.0. The van der Waals surface area contributed by atoms with Crippen molar-refractivity contribution in [1.29, 1.82) is 0 Å². The van der Waals surface area contributed by atoms with Crippen LogP contribution in [-0.2, 0) is 0 Å². The Morgan fingerprint density at radius 1 is 1.32 bits per heavy atom. The van der Waals surface area contributed by atoms with Gasteiger partial charge in [0.1, 0.15) is 5.82 Å². The first kappa shape index (κ1) is 12.4. The highest BCUT2D eigenvalue weighted by atomic mass is 35.5. The second-order valence-electron chi connectivity index (χ2n) is 4.74. The van der Waals surface area contributed by atoms with E-state index < -0.39 is 0 Å². The number of nitrogens with zero attached hydrogens (tertiary/aromatic N) is 2. The van der Waals surface area contributed by atoms with Gasteiger partial charge in [0.05, 0.1) is 5.69 Å². The lowest BCUT2D eigenvalue weighted by Crippen LogP contribution is -2.31.